The number of likely N-dealkylation sites (tertiary alicyclic amines) is 1. The number of aryl methyl sites for hydroxylation is 1. The number of hydrogen-bond donors (Lipinski definition) is 1. The van der Waals surface area contributed by atoms with Crippen molar-refractivity contribution in [3.8, 4) is 0 Å². The minimum Gasteiger partial charge on any atom is -0.341 e. The molecule has 25 heavy (non-hydrogen) atoms. The summed E-state index contributed by atoms with van der Waals surface area (Å²) in [5, 5.41) is 0. The van der Waals surface area contributed by atoms with Crippen LogP contribution in [0.15, 0.2) is 23.1 Å². The van der Waals surface area contributed by atoms with Crippen molar-refractivity contribution in [2.75, 3.05) is 13.1 Å². The highest BCUT2D eigenvalue weighted by atomic mass is 32.2. The second-order valence-electron chi connectivity index (χ2n) is 7.14. The normalized spacial score (nSPS) is 22.3. The molecule has 2 aliphatic rings. The highest BCUT2D eigenvalue weighted by Crippen LogP contribution is 2.27. The van der Waals surface area contributed by atoms with Crippen LogP contribution in [0.1, 0.15) is 44.1 Å². The first kappa shape index (κ1) is 18.3. The molecule has 0 aromatic heterocycles. The summed E-state index contributed by atoms with van der Waals surface area (Å²) in [5.41, 5.74) is 0.295. The smallest absolute Gasteiger partial charge is 0.240 e. The Hall–Kier alpha value is -1.47. The molecule has 1 atom stereocenters. The van der Waals surface area contributed by atoms with Crippen LogP contribution < -0.4 is 4.72 Å². The van der Waals surface area contributed by atoms with Crippen molar-refractivity contribution >= 4 is 15.9 Å². The third kappa shape index (κ3) is 4.20. The highest BCUT2D eigenvalue weighted by Gasteiger charge is 2.33. The van der Waals surface area contributed by atoms with Gasteiger partial charge in [-0.05, 0) is 49.9 Å². The van der Waals surface area contributed by atoms with Crippen molar-refractivity contribution in [2.24, 2.45) is 5.92 Å². The average molecular weight is 368 g/mol. The first-order valence-corrected chi connectivity index (χ1v) is 10.4. The van der Waals surface area contributed by atoms with Gasteiger partial charge < -0.3 is 4.90 Å². The maximum Gasteiger partial charge on any atom is 0.240 e. The zero-order chi connectivity index (χ0) is 18.0. The molecule has 0 bridgehead atoms. The lowest BCUT2D eigenvalue weighted by atomic mass is 9.88. The van der Waals surface area contributed by atoms with Crippen molar-refractivity contribution in [2.45, 2.75) is 56.4 Å². The van der Waals surface area contributed by atoms with Gasteiger partial charge in [-0.25, -0.2) is 17.5 Å². The van der Waals surface area contributed by atoms with Gasteiger partial charge in [0.1, 0.15) is 5.82 Å². The molecule has 1 saturated heterocycles. The molecule has 1 aromatic carbocycles. The summed E-state index contributed by atoms with van der Waals surface area (Å²) >= 11 is 0. The summed E-state index contributed by atoms with van der Waals surface area (Å²) in [6.07, 6.45) is 5.90. The molecule has 5 nitrogen and oxygen atoms in total. The van der Waals surface area contributed by atoms with Crippen LogP contribution >= 0.6 is 0 Å². The predicted octanol–water partition coefficient (Wildman–Crippen LogP) is 2.59. The molecular weight excluding hydrogens is 343 g/mol. The van der Waals surface area contributed by atoms with Gasteiger partial charge in [-0.1, -0.05) is 19.3 Å². The molecule has 1 aromatic rings. The number of halogens is 1. The SMILES string of the molecule is Cc1cc(S(=O)(=O)NC2CCN(C(=O)C3CCCCC3)C2)ccc1F. The number of carbonyl (C=O) groups is 1. The average Bonchev–Trinajstić information content (AvgIpc) is 3.05. The van der Waals surface area contributed by atoms with E-state index in [2.05, 4.69) is 4.72 Å². The van der Waals surface area contributed by atoms with Crippen molar-refractivity contribution < 1.29 is 17.6 Å². The molecule has 7 heteroatoms. The summed E-state index contributed by atoms with van der Waals surface area (Å²) in [5.74, 6) is -0.160. The zero-order valence-electron chi connectivity index (χ0n) is 14.5. The Morgan fingerprint density at radius 2 is 1.92 bits per heavy atom. The molecule has 0 radical (unpaired) electrons. The van der Waals surface area contributed by atoms with Crippen LogP contribution in [0.3, 0.4) is 0 Å². The van der Waals surface area contributed by atoms with Crippen molar-refractivity contribution in [3.63, 3.8) is 0 Å². The lowest BCUT2D eigenvalue weighted by Gasteiger charge is -2.26. The fraction of sp³-hybridized carbons (Fsp3) is 0.611. The third-order valence-electron chi connectivity index (χ3n) is 5.22. The van der Waals surface area contributed by atoms with Crippen LogP contribution in [0.2, 0.25) is 0 Å². The topological polar surface area (TPSA) is 66.5 Å². The van der Waals surface area contributed by atoms with Crippen LogP contribution in [0.25, 0.3) is 0 Å². The number of hydrogen-bond acceptors (Lipinski definition) is 3. The van der Waals surface area contributed by atoms with Crippen LogP contribution in [-0.2, 0) is 14.8 Å². The van der Waals surface area contributed by atoms with Gasteiger partial charge in [-0.3, -0.25) is 4.79 Å². The van der Waals surface area contributed by atoms with Crippen molar-refractivity contribution in [1.82, 2.24) is 9.62 Å². The zero-order valence-corrected chi connectivity index (χ0v) is 15.3. The Bertz CT molecular complexity index is 745. The van der Waals surface area contributed by atoms with E-state index in [0.29, 0.717) is 25.1 Å². The number of nitrogens with one attached hydrogen (secondary N) is 1. The van der Waals surface area contributed by atoms with Gasteiger partial charge >= 0.3 is 0 Å². The summed E-state index contributed by atoms with van der Waals surface area (Å²) < 4.78 is 41.0. The molecule has 2 fully saturated rings. The van der Waals surface area contributed by atoms with E-state index in [9.17, 15) is 17.6 Å². The number of carbonyl (C=O) groups excluding carboxylic acids is 1. The molecule has 1 amide bonds. The molecule has 1 heterocycles. The standard InChI is InChI=1S/C18H25FN2O3S/c1-13-11-16(7-8-17(13)19)25(23,24)20-15-9-10-21(12-15)18(22)14-5-3-2-4-6-14/h7-8,11,14-15,20H,2-6,9-10,12H2,1H3. The molecule has 1 saturated carbocycles. The largest absolute Gasteiger partial charge is 0.341 e. The highest BCUT2D eigenvalue weighted by molar-refractivity contribution is 7.89. The summed E-state index contributed by atoms with van der Waals surface area (Å²) in [6.45, 7) is 2.54. The number of benzene rings is 1. The number of sulfonamides is 1. The van der Waals surface area contributed by atoms with Gasteiger partial charge in [0.15, 0.2) is 0 Å². The third-order valence-corrected chi connectivity index (χ3v) is 6.73. The first-order valence-electron chi connectivity index (χ1n) is 8.94. The molecule has 1 aliphatic carbocycles. The Morgan fingerprint density at radius 3 is 2.60 bits per heavy atom. The van der Waals surface area contributed by atoms with Gasteiger partial charge in [0.2, 0.25) is 15.9 Å². The number of nitrogens with zero attached hydrogens (tertiary/aromatic N) is 1. The molecule has 1 unspecified atom stereocenters. The van der Waals surface area contributed by atoms with E-state index in [-0.39, 0.29) is 22.8 Å². The van der Waals surface area contributed by atoms with Gasteiger partial charge in [-0.2, -0.15) is 0 Å². The maximum atomic E-state index is 13.3. The minimum absolute atomic E-state index is 0.0588. The fourth-order valence-electron chi connectivity index (χ4n) is 3.74. The minimum atomic E-state index is -3.71. The Labute approximate surface area is 148 Å². The summed E-state index contributed by atoms with van der Waals surface area (Å²) in [4.78, 5) is 14.4. The van der Waals surface area contributed by atoms with E-state index >= 15 is 0 Å². The summed E-state index contributed by atoms with van der Waals surface area (Å²) in [7, 11) is -3.71. The van der Waals surface area contributed by atoms with Crippen LogP contribution in [-0.4, -0.2) is 38.4 Å². The van der Waals surface area contributed by atoms with E-state index in [1.54, 1.807) is 4.90 Å². The van der Waals surface area contributed by atoms with E-state index < -0.39 is 15.8 Å². The monoisotopic (exact) mass is 368 g/mol. The molecule has 1 aliphatic heterocycles. The quantitative estimate of drug-likeness (QED) is 0.888. The van der Waals surface area contributed by atoms with Gasteiger partial charge in [0.05, 0.1) is 4.90 Å². The van der Waals surface area contributed by atoms with E-state index in [0.717, 1.165) is 31.7 Å². The molecule has 1 N–H and O–H groups in total. The lowest BCUT2D eigenvalue weighted by Crippen LogP contribution is -2.40. The molecular formula is C18H25FN2O3S. The van der Waals surface area contributed by atoms with E-state index in [1.807, 2.05) is 0 Å². The van der Waals surface area contributed by atoms with Crippen LogP contribution in [0.4, 0.5) is 4.39 Å². The van der Waals surface area contributed by atoms with Crippen LogP contribution in [0, 0.1) is 18.7 Å². The molecule has 3 rings (SSSR count). The lowest BCUT2D eigenvalue weighted by molar-refractivity contribution is -0.135. The summed E-state index contributed by atoms with van der Waals surface area (Å²) in [6, 6.07) is 3.47. The van der Waals surface area contributed by atoms with Gasteiger partial charge in [0.25, 0.3) is 0 Å². The predicted molar refractivity (Wildman–Crippen MR) is 93.0 cm³/mol. The van der Waals surface area contributed by atoms with Crippen molar-refractivity contribution in [3.05, 3.63) is 29.6 Å². The molecule has 0 spiro atoms. The second kappa shape index (κ2) is 7.41. The van der Waals surface area contributed by atoms with Crippen molar-refractivity contribution in [1.29, 1.82) is 0 Å². The van der Waals surface area contributed by atoms with Gasteiger partial charge in [0, 0.05) is 25.0 Å². The Balaban J connectivity index is 1.62. The Morgan fingerprint density at radius 1 is 1.20 bits per heavy atom. The van der Waals surface area contributed by atoms with Gasteiger partial charge in [-0.15, -0.1) is 0 Å². The molecule has 138 valence electrons. The van der Waals surface area contributed by atoms with E-state index in [1.165, 1.54) is 25.5 Å². The Kier molecular flexibility index (Phi) is 5.43. The maximum absolute atomic E-state index is 13.3. The first-order chi connectivity index (χ1) is 11.9. The number of amides is 1. The fourth-order valence-corrected chi connectivity index (χ4v) is 5.08. The van der Waals surface area contributed by atoms with Crippen LogP contribution in [0.5, 0.6) is 0 Å². The second-order valence-corrected chi connectivity index (χ2v) is 8.85. The number of rotatable bonds is 4. The van der Waals surface area contributed by atoms with E-state index in [4.69, 9.17) is 0 Å².